The summed E-state index contributed by atoms with van der Waals surface area (Å²) < 4.78 is 2.08. The molecule has 0 bridgehead atoms. The number of nitrogens with one attached hydrogen (secondary N) is 1. The highest BCUT2D eigenvalue weighted by Crippen LogP contribution is 2.20. The number of thioether (sulfide) groups is 1. The Morgan fingerprint density at radius 2 is 2.04 bits per heavy atom. The lowest BCUT2D eigenvalue weighted by atomic mass is 10.3. The fraction of sp³-hybridized carbons (Fsp3) is 0.625. The molecule has 24 heavy (non-hydrogen) atoms. The highest BCUT2D eigenvalue weighted by atomic mass is 32.2. The molecule has 130 valence electrons. The molecule has 0 spiro atoms. The molecule has 2 aromatic rings. The van der Waals surface area contributed by atoms with Crippen LogP contribution in [0.1, 0.15) is 25.7 Å². The summed E-state index contributed by atoms with van der Waals surface area (Å²) in [6, 6.07) is 0. The van der Waals surface area contributed by atoms with Gasteiger partial charge in [-0.1, -0.05) is 0 Å². The highest BCUT2D eigenvalue weighted by molar-refractivity contribution is 7.98. The molecule has 0 aromatic carbocycles. The van der Waals surface area contributed by atoms with E-state index in [9.17, 15) is 4.79 Å². The summed E-state index contributed by atoms with van der Waals surface area (Å²) in [5.74, 6) is 0.314. The zero-order valence-corrected chi connectivity index (χ0v) is 14.9. The Hall–Kier alpha value is -1.67. The average molecular weight is 348 g/mol. The van der Waals surface area contributed by atoms with E-state index in [0.717, 1.165) is 74.6 Å². The van der Waals surface area contributed by atoms with Gasteiger partial charge in [0.15, 0.2) is 5.65 Å². The summed E-state index contributed by atoms with van der Waals surface area (Å²) >= 11 is 1.59. The topological polar surface area (TPSA) is 75.9 Å². The second kappa shape index (κ2) is 8.43. The van der Waals surface area contributed by atoms with E-state index in [1.54, 1.807) is 18.1 Å². The van der Waals surface area contributed by atoms with Crippen LogP contribution in [0.15, 0.2) is 17.7 Å². The maximum Gasteiger partial charge on any atom is 0.222 e. The maximum absolute atomic E-state index is 11.5. The van der Waals surface area contributed by atoms with Gasteiger partial charge in [-0.25, -0.2) is 15.0 Å². The van der Waals surface area contributed by atoms with Gasteiger partial charge >= 0.3 is 0 Å². The molecule has 2 aromatic heterocycles. The van der Waals surface area contributed by atoms with Crippen LogP contribution in [0, 0.1) is 0 Å². The molecule has 0 unspecified atom stereocenters. The molecular weight excluding hydrogens is 324 g/mol. The largest absolute Gasteiger partial charge is 0.343 e. The highest BCUT2D eigenvalue weighted by Gasteiger charge is 2.18. The number of imidazole rings is 1. The van der Waals surface area contributed by atoms with Gasteiger partial charge in [0.25, 0.3) is 0 Å². The standard InChI is InChI=1S/C16H24N6OS/c1-24-16-14-15(18-11-19-16)22(12-20-14)10-4-7-17-6-3-9-21-8-2-5-13(21)23/h11-12,17H,2-10H2,1H3. The van der Waals surface area contributed by atoms with Gasteiger partial charge in [-0.3, -0.25) is 4.79 Å². The van der Waals surface area contributed by atoms with Gasteiger partial charge in [-0.15, -0.1) is 11.8 Å². The first-order valence-electron chi connectivity index (χ1n) is 8.48. The summed E-state index contributed by atoms with van der Waals surface area (Å²) in [6.07, 6.45) is 9.24. The van der Waals surface area contributed by atoms with Crippen molar-refractivity contribution in [3.05, 3.63) is 12.7 Å². The van der Waals surface area contributed by atoms with Crippen LogP contribution in [0.3, 0.4) is 0 Å². The zero-order valence-electron chi connectivity index (χ0n) is 14.1. The van der Waals surface area contributed by atoms with Crippen LogP contribution < -0.4 is 5.32 Å². The SMILES string of the molecule is CSc1ncnc2c1ncn2CCCNCCCN1CCCC1=O. The molecule has 3 heterocycles. The lowest BCUT2D eigenvalue weighted by molar-refractivity contribution is -0.127. The number of amides is 1. The van der Waals surface area contributed by atoms with Crippen LogP contribution in [0.2, 0.25) is 0 Å². The molecule has 0 aliphatic carbocycles. The Bertz CT molecular complexity index is 688. The summed E-state index contributed by atoms with van der Waals surface area (Å²) in [5, 5.41) is 4.37. The first-order chi connectivity index (χ1) is 11.8. The van der Waals surface area contributed by atoms with E-state index >= 15 is 0 Å². The number of carbonyl (C=O) groups excluding carboxylic acids is 1. The monoisotopic (exact) mass is 348 g/mol. The van der Waals surface area contributed by atoms with Gasteiger partial charge < -0.3 is 14.8 Å². The second-order valence-electron chi connectivity index (χ2n) is 5.93. The minimum absolute atomic E-state index is 0.314. The predicted molar refractivity (Wildman–Crippen MR) is 95.0 cm³/mol. The van der Waals surface area contributed by atoms with E-state index < -0.39 is 0 Å². The van der Waals surface area contributed by atoms with Crippen LogP contribution in [-0.4, -0.2) is 62.8 Å². The Labute approximate surface area is 146 Å². The summed E-state index contributed by atoms with van der Waals surface area (Å²) in [4.78, 5) is 26.5. The molecule has 0 saturated carbocycles. The summed E-state index contributed by atoms with van der Waals surface area (Å²) in [5.41, 5.74) is 1.79. The third kappa shape index (κ3) is 4.05. The minimum Gasteiger partial charge on any atom is -0.343 e. The van der Waals surface area contributed by atoms with Crippen molar-refractivity contribution in [3.8, 4) is 0 Å². The van der Waals surface area contributed by atoms with E-state index in [2.05, 4.69) is 24.8 Å². The lowest BCUT2D eigenvalue weighted by Gasteiger charge is -2.15. The number of rotatable bonds is 9. The molecule has 1 N–H and O–H groups in total. The molecule has 7 nitrogen and oxygen atoms in total. The van der Waals surface area contributed by atoms with Crippen molar-refractivity contribution in [2.45, 2.75) is 37.3 Å². The average Bonchev–Trinajstić information content (AvgIpc) is 3.20. The molecule has 8 heteroatoms. The van der Waals surface area contributed by atoms with Crippen LogP contribution >= 0.6 is 11.8 Å². The number of likely N-dealkylation sites (tertiary alicyclic amines) is 1. The number of aryl methyl sites for hydroxylation is 1. The van der Waals surface area contributed by atoms with Crippen molar-refractivity contribution in [3.63, 3.8) is 0 Å². The van der Waals surface area contributed by atoms with E-state index in [-0.39, 0.29) is 0 Å². The quantitative estimate of drug-likeness (QED) is 0.421. The van der Waals surface area contributed by atoms with Crippen molar-refractivity contribution in [1.82, 2.24) is 29.7 Å². The van der Waals surface area contributed by atoms with Gasteiger partial charge in [0.05, 0.1) is 6.33 Å². The summed E-state index contributed by atoms with van der Waals surface area (Å²) in [7, 11) is 0. The fourth-order valence-corrected chi connectivity index (χ4v) is 3.50. The third-order valence-corrected chi connectivity index (χ3v) is 4.95. The van der Waals surface area contributed by atoms with Crippen LogP contribution in [0.5, 0.6) is 0 Å². The zero-order chi connectivity index (χ0) is 16.8. The minimum atomic E-state index is 0.314. The Morgan fingerprint density at radius 1 is 1.21 bits per heavy atom. The number of fused-ring (bicyclic) bond motifs is 1. The van der Waals surface area contributed by atoms with Crippen LogP contribution in [0.4, 0.5) is 0 Å². The van der Waals surface area contributed by atoms with Crippen molar-refractivity contribution in [2.75, 3.05) is 32.4 Å². The predicted octanol–water partition coefficient (Wildman–Crippen LogP) is 1.54. The van der Waals surface area contributed by atoms with E-state index in [1.807, 2.05) is 17.5 Å². The van der Waals surface area contributed by atoms with Crippen LogP contribution in [0.25, 0.3) is 11.2 Å². The van der Waals surface area contributed by atoms with Gasteiger partial charge in [-0.05, 0) is 38.6 Å². The molecule has 1 amide bonds. The summed E-state index contributed by atoms with van der Waals surface area (Å²) in [6.45, 7) is 4.61. The lowest BCUT2D eigenvalue weighted by Crippen LogP contribution is -2.28. The van der Waals surface area contributed by atoms with Gasteiger partial charge in [-0.2, -0.15) is 0 Å². The molecule has 1 aliphatic rings. The van der Waals surface area contributed by atoms with E-state index in [0.29, 0.717) is 5.91 Å². The Morgan fingerprint density at radius 3 is 2.79 bits per heavy atom. The number of aromatic nitrogens is 4. The molecule has 0 radical (unpaired) electrons. The maximum atomic E-state index is 11.5. The first-order valence-corrected chi connectivity index (χ1v) is 9.70. The van der Waals surface area contributed by atoms with Crippen molar-refractivity contribution in [2.24, 2.45) is 0 Å². The Kier molecular flexibility index (Phi) is 6.03. The van der Waals surface area contributed by atoms with Gasteiger partial charge in [0, 0.05) is 26.1 Å². The third-order valence-electron chi connectivity index (χ3n) is 4.27. The molecule has 1 aliphatic heterocycles. The molecular formula is C16H24N6OS. The molecule has 3 rings (SSSR count). The van der Waals surface area contributed by atoms with Gasteiger partial charge in [0.2, 0.25) is 5.91 Å². The number of carbonyl (C=O) groups is 1. The fourth-order valence-electron chi connectivity index (χ4n) is 3.01. The van der Waals surface area contributed by atoms with Crippen molar-refractivity contribution in [1.29, 1.82) is 0 Å². The first kappa shape index (κ1) is 17.2. The number of hydrogen-bond donors (Lipinski definition) is 1. The molecule has 1 saturated heterocycles. The molecule has 1 fully saturated rings. The Balaban J connectivity index is 1.36. The van der Waals surface area contributed by atoms with E-state index in [4.69, 9.17) is 0 Å². The van der Waals surface area contributed by atoms with Gasteiger partial charge in [0.1, 0.15) is 16.9 Å². The van der Waals surface area contributed by atoms with E-state index in [1.165, 1.54) is 0 Å². The van der Waals surface area contributed by atoms with Crippen molar-refractivity contribution < 1.29 is 4.79 Å². The number of nitrogens with zero attached hydrogens (tertiary/aromatic N) is 5. The smallest absolute Gasteiger partial charge is 0.222 e. The molecule has 0 atom stereocenters. The van der Waals surface area contributed by atoms with Crippen molar-refractivity contribution >= 4 is 28.8 Å². The second-order valence-corrected chi connectivity index (χ2v) is 6.73. The normalized spacial score (nSPS) is 14.9. The number of hydrogen-bond acceptors (Lipinski definition) is 6. The van der Waals surface area contributed by atoms with Crippen LogP contribution in [-0.2, 0) is 11.3 Å².